The summed E-state index contributed by atoms with van der Waals surface area (Å²) in [5.74, 6) is 0. The Hall–Kier alpha value is -6.82. The molecule has 0 fully saturated rings. The number of benzene rings is 9. The number of fused-ring (bicyclic) bond motifs is 5. The van der Waals surface area contributed by atoms with Crippen molar-refractivity contribution in [3.63, 3.8) is 0 Å². The van der Waals surface area contributed by atoms with Gasteiger partial charge in [-0.2, -0.15) is 0 Å². The molecule has 0 saturated carbocycles. The second kappa shape index (κ2) is 17.8. The minimum Gasteiger partial charge on any atom is -0.311 e. The van der Waals surface area contributed by atoms with Gasteiger partial charge in [-0.1, -0.05) is 185 Å². The molecule has 80 heavy (non-hydrogen) atoms. The lowest BCUT2D eigenvalue weighted by molar-refractivity contribution is 0.332. The molecule has 0 atom stereocenters. The van der Waals surface area contributed by atoms with E-state index >= 15 is 0 Å². The number of hydrogen-bond donors (Lipinski definition) is 0. The number of hydrogen-bond acceptors (Lipinski definition) is 3. The molecule has 2 aliphatic heterocycles. The van der Waals surface area contributed by atoms with Gasteiger partial charge in [0.25, 0.3) is 6.71 Å². The van der Waals surface area contributed by atoms with E-state index in [4.69, 9.17) is 0 Å². The molecule has 0 N–H and O–H groups in total. The van der Waals surface area contributed by atoms with Crippen LogP contribution < -0.4 is 36.3 Å². The predicted octanol–water partition coefficient (Wildman–Crippen LogP) is 18.0. The third-order valence-electron chi connectivity index (χ3n) is 19.8. The topological polar surface area (TPSA) is 9.72 Å². The first-order chi connectivity index (χ1) is 38.0. The van der Waals surface area contributed by atoms with Gasteiger partial charge in [-0.25, -0.2) is 0 Å². The van der Waals surface area contributed by atoms with Gasteiger partial charge in [-0.05, 0) is 205 Å². The van der Waals surface area contributed by atoms with Gasteiger partial charge < -0.3 is 14.7 Å². The van der Waals surface area contributed by atoms with E-state index in [-0.39, 0.29) is 28.4 Å². The van der Waals surface area contributed by atoms with Crippen molar-refractivity contribution < 1.29 is 0 Å². The van der Waals surface area contributed by atoms with Crippen molar-refractivity contribution in [2.75, 3.05) is 14.7 Å². The van der Waals surface area contributed by atoms with Crippen molar-refractivity contribution in [2.45, 2.75) is 162 Å². The Balaban J connectivity index is 1.16. The SMILES string of the molecule is CC(C)(C)c1ccc(N(c2ccc(C(C)(C)C)cc2)c2cc3c4c(c2)N(c2ccc5c6c(cccc26)CCC5)c2cc5c(cc2B4c2cc([Si](C)(C)C)ccc2N3c2ccc3c4c(cccc24)CCC3)C(C)(C)CCC5(C)C)cc1. The van der Waals surface area contributed by atoms with E-state index in [1.54, 1.807) is 0 Å². The Morgan fingerprint density at radius 3 is 1.35 bits per heavy atom. The van der Waals surface area contributed by atoms with Crippen LogP contribution in [-0.4, -0.2) is 14.8 Å². The van der Waals surface area contributed by atoms with Crippen molar-refractivity contribution >= 4 is 109 Å². The van der Waals surface area contributed by atoms with E-state index in [2.05, 4.69) is 255 Å². The predicted molar refractivity (Wildman–Crippen MR) is 350 cm³/mol. The van der Waals surface area contributed by atoms with Gasteiger partial charge >= 0.3 is 0 Å². The zero-order chi connectivity index (χ0) is 55.6. The average Bonchev–Trinajstić information content (AvgIpc) is 3.62. The third kappa shape index (κ3) is 8.01. The van der Waals surface area contributed by atoms with E-state index < -0.39 is 8.07 Å². The van der Waals surface area contributed by atoms with Crippen molar-refractivity contribution in [2.24, 2.45) is 0 Å². The van der Waals surface area contributed by atoms with Gasteiger partial charge in [-0.15, -0.1) is 0 Å². The molecule has 402 valence electrons. The monoisotopic (exact) mass is 1060 g/mol. The van der Waals surface area contributed by atoms with Crippen LogP contribution in [0, 0.1) is 0 Å². The first-order valence-corrected chi connectivity index (χ1v) is 33.7. The summed E-state index contributed by atoms with van der Waals surface area (Å²) in [4.78, 5) is 8.07. The van der Waals surface area contributed by atoms with Crippen LogP contribution in [0.3, 0.4) is 0 Å². The van der Waals surface area contributed by atoms with Crippen LogP contribution in [0.25, 0.3) is 21.5 Å². The van der Waals surface area contributed by atoms with Crippen LogP contribution in [-0.2, 0) is 47.3 Å². The Morgan fingerprint density at radius 2 is 0.875 bits per heavy atom. The summed E-state index contributed by atoms with van der Waals surface area (Å²) < 4.78 is 0. The van der Waals surface area contributed by atoms with Crippen molar-refractivity contribution in [1.82, 2.24) is 0 Å². The zero-order valence-electron chi connectivity index (χ0n) is 50.0. The van der Waals surface area contributed by atoms with Crippen molar-refractivity contribution in [3.8, 4) is 0 Å². The average molecular weight is 1060 g/mol. The van der Waals surface area contributed by atoms with E-state index in [0.717, 1.165) is 49.2 Å². The van der Waals surface area contributed by atoms with E-state index in [9.17, 15) is 0 Å². The molecule has 2 heterocycles. The lowest BCUT2D eigenvalue weighted by atomic mass is 9.33. The highest BCUT2D eigenvalue weighted by atomic mass is 28.3. The fraction of sp³-hybridized carbons (Fsp3) is 0.333. The molecule has 3 nitrogen and oxygen atoms in total. The summed E-state index contributed by atoms with van der Waals surface area (Å²) >= 11 is 0. The lowest BCUT2D eigenvalue weighted by Gasteiger charge is -2.48. The van der Waals surface area contributed by atoms with E-state index in [0.29, 0.717) is 0 Å². The van der Waals surface area contributed by atoms with Gasteiger partial charge in [-0.3, -0.25) is 0 Å². The normalized spacial score (nSPS) is 16.8. The maximum absolute atomic E-state index is 2.77. The Kier molecular flexibility index (Phi) is 11.4. The van der Waals surface area contributed by atoms with Gasteiger partial charge in [0.2, 0.25) is 0 Å². The summed E-state index contributed by atoms with van der Waals surface area (Å²) in [5.41, 5.74) is 27.0. The second-order valence-electron chi connectivity index (χ2n) is 29.1. The largest absolute Gasteiger partial charge is 0.311 e. The van der Waals surface area contributed by atoms with E-state index in [1.165, 1.54) is 141 Å². The van der Waals surface area contributed by atoms with Crippen LogP contribution in [0.2, 0.25) is 19.6 Å². The maximum atomic E-state index is 2.77. The molecule has 0 amide bonds. The molecule has 0 radical (unpaired) electrons. The molecular weight excluding hydrogens is 982 g/mol. The lowest BCUT2D eigenvalue weighted by Crippen LogP contribution is -2.62. The second-order valence-corrected chi connectivity index (χ2v) is 34.1. The minimum absolute atomic E-state index is 0.00886. The first kappa shape index (κ1) is 51.3. The fourth-order valence-corrected chi connectivity index (χ4v) is 16.3. The standard InChI is InChI=1S/C75H80BN3Si/c1-72(2,3)51-28-32-53(33-29-51)77(54-34-30-52(31-35-54)73(4,5)6)55-42-67-71-68(43-55)79(64-38-27-50-21-15-19-48-23-17-25-58(64)70(48)50)66-46-60-59(74(7,8)40-41-75(60,9)10)45-62(66)76(71)61-44-56(80(11,12)13)36-39-65(61)78(67)63-37-26-49-20-14-18-47-22-16-24-57(63)69(47)49/h16-17,22-39,42-46H,14-15,18-21,40-41H2,1-13H3. The Morgan fingerprint density at radius 1 is 0.438 bits per heavy atom. The highest BCUT2D eigenvalue weighted by Crippen LogP contribution is 2.54. The molecule has 0 bridgehead atoms. The van der Waals surface area contributed by atoms with Crippen molar-refractivity contribution in [3.05, 3.63) is 196 Å². The van der Waals surface area contributed by atoms with Crippen LogP contribution in [0.4, 0.5) is 51.2 Å². The summed E-state index contributed by atoms with van der Waals surface area (Å²) in [6.07, 6.45) is 9.18. The van der Waals surface area contributed by atoms with Crippen LogP contribution in [0.15, 0.2) is 152 Å². The molecule has 5 heteroatoms. The quantitative estimate of drug-likeness (QED) is 0.154. The molecule has 9 aromatic carbocycles. The van der Waals surface area contributed by atoms with Gasteiger partial charge in [0.1, 0.15) is 0 Å². The minimum atomic E-state index is -1.81. The molecule has 14 rings (SSSR count). The van der Waals surface area contributed by atoms with Crippen LogP contribution in [0.1, 0.15) is 139 Å². The van der Waals surface area contributed by atoms with Gasteiger partial charge in [0.05, 0.1) is 25.1 Å². The number of aryl methyl sites for hydroxylation is 4. The molecule has 0 spiro atoms. The van der Waals surface area contributed by atoms with Gasteiger partial charge in [0.15, 0.2) is 0 Å². The highest BCUT2D eigenvalue weighted by Gasteiger charge is 2.48. The summed E-state index contributed by atoms with van der Waals surface area (Å²) in [7, 11) is -1.81. The Bertz CT molecular complexity index is 3950. The highest BCUT2D eigenvalue weighted by molar-refractivity contribution is 7.01. The molecule has 9 aromatic rings. The summed E-state index contributed by atoms with van der Waals surface area (Å²) in [5, 5.41) is 7.12. The smallest absolute Gasteiger partial charge is 0.252 e. The van der Waals surface area contributed by atoms with E-state index in [1.807, 2.05) is 0 Å². The van der Waals surface area contributed by atoms with Crippen LogP contribution in [0.5, 0.6) is 0 Å². The molecule has 3 aliphatic carbocycles. The number of anilines is 9. The zero-order valence-corrected chi connectivity index (χ0v) is 51.0. The molecule has 0 saturated heterocycles. The Labute approximate surface area is 479 Å². The number of rotatable bonds is 6. The number of nitrogens with zero attached hydrogens (tertiary/aromatic N) is 3. The molecule has 0 unspecified atom stereocenters. The first-order valence-electron chi connectivity index (χ1n) is 30.2. The summed E-state index contributed by atoms with van der Waals surface area (Å²) in [6, 6.07) is 61.6. The maximum Gasteiger partial charge on any atom is 0.252 e. The summed E-state index contributed by atoms with van der Waals surface area (Å²) in [6.45, 7) is 31.6. The fourth-order valence-electron chi connectivity index (χ4n) is 15.1. The van der Waals surface area contributed by atoms with Crippen molar-refractivity contribution in [1.29, 1.82) is 0 Å². The van der Waals surface area contributed by atoms with Crippen LogP contribution >= 0.6 is 0 Å². The molecule has 0 aromatic heterocycles. The molecule has 5 aliphatic rings. The third-order valence-corrected chi connectivity index (χ3v) is 21.8. The molecular formula is C75H80BN3Si. The van der Waals surface area contributed by atoms with Gasteiger partial charge in [0, 0.05) is 44.9 Å².